The molecule has 1 aliphatic carbocycles. The number of ether oxygens (including phenoxy) is 1. The first kappa shape index (κ1) is 18.3. The third kappa shape index (κ3) is 2.94. The van der Waals surface area contributed by atoms with Crippen LogP contribution in [0.1, 0.15) is 11.5 Å². The summed E-state index contributed by atoms with van der Waals surface area (Å²) in [6, 6.07) is 8.15. The van der Waals surface area contributed by atoms with E-state index in [0.717, 1.165) is 17.7 Å². The van der Waals surface area contributed by atoms with Crippen molar-refractivity contribution in [3.05, 3.63) is 64.0 Å². The van der Waals surface area contributed by atoms with Crippen molar-refractivity contribution in [3.8, 4) is 17.0 Å². The van der Waals surface area contributed by atoms with E-state index >= 15 is 0 Å². The van der Waals surface area contributed by atoms with Gasteiger partial charge in [-0.3, -0.25) is 4.90 Å². The van der Waals surface area contributed by atoms with Crippen molar-refractivity contribution >= 4 is 34.1 Å². The average molecular weight is 434 g/mol. The number of carbonyl (C=O) groups is 1. The number of primary amides is 1. The minimum Gasteiger partial charge on any atom is -0.490 e. The second kappa shape index (κ2) is 6.67. The molecule has 0 bridgehead atoms. The topological polar surface area (TPSA) is 68.5 Å². The number of hydrogen-bond donors (Lipinski definition) is 1. The monoisotopic (exact) mass is 433 g/mol. The van der Waals surface area contributed by atoms with Crippen LogP contribution in [0.25, 0.3) is 11.3 Å². The second-order valence-corrected chi connectivity index (χ2v) is 8.27. The van der Waals surface area contributed by atoms with Gasteiger partial charge in [-0.1, -0.05) is 23.7 Å². The van der Waals surface area contributed by atoms with E-state index in [-0.39, 0.29) is 29.8 Å². The Balaban J connectivity index is 1.49. The molecule has 3 aromatic rings. The Morgan fingerprint density at radius 2 is 1.93 bits per heavy atom. The maximum Gasteiger partial charge on any atom is 0.321 e. The first-order chi connectivity index (χ1) is 14.0. The molecule has 148 valence electrons. The molecule has 5 nitrogen and oxygen atoms in total. The highest BCUT2D eigenvalue weighted by atomic mass is 35.5. The van der Waals surface area contributed by atoms with Gasteiger partial charge in [0.15, 0.2) is 16.7 Å². The van der Waals surface area contributed by atoms with Crippen LogP contribution < -0.4 is 15.4 Å². The standard InChI is InChI=1S/C20H14ClF2N3O2S/c21-10-3-1-9(2-4-10)14-8-29-20(25-14)26(19(24)27)17-11-7-28-18-13(23)6-5-12(22)16(18)15(11)17/h1-6,8,11,15,17H,7H2,(H2,24,27)/t11-,15-,17-/m1/s1. The molecule has 2 N–H and O–H groups in total. The third-order valence-corrected chi connectivity index (χ3v) is 6.44. The minimum absolute atomic E-state index is 0.0841. The van der Waals surface area contributed by atoms with E-state index in [1.807, 2.05) is 17.5 Å². The van der Waals surface area contributed by atoms with Crippen LogP contribution in [0.3, 0.4) is 0 Å². The minimum atomic E-state index is -0.695. The number of anilines is 1. The lowest BCUT2D eigenvalue weighted by Crippen LogP contribution is -2.39. The van der Waals surface area contributed by atoms with E-state index < -0.39 is 23.7 Å². The van der Waals surface area contributed by atoms with Gasteiger partial charge in [-0.2, -0.15) is 0 Å². The van der Waals surface area contributed by atoms with E-state index in [1.165, 1.54) is 16.2 Å². The van der Waals surface area contributed by atoms with Crippen LogP contribution in [0.5, 0.6) is 5.75 Å². The molecule has 2 amide bonds. The number of hydrogen-bond acceptors (Lipinski definition) is 4. The summed E-state index contributed by atoms with van der Waals surface area (Å²) in [4.78, 5) is 18.2. The number of thiazole rings is 1. The Labute approximate surface area is 173 Å². The van der Waals surface area contributed by atoms with E-state index in [0.29, 0.717) is 15.8 Å². The lowest BCUT2D eigenvalue weighted by molar-refractivity contribution is 0.250. The van der Waals surface area contributed by atoms with E-state index in [2.05, 4.69) is 4.98 Å². The summed E-state index contributed by atoms with van der Waals surface area (Å²) in [5, 5.41) is 2.82. The fourth-order valence-electron chi connectivity index (χ4n) is 3.98. The fraction of sp³-hybridized carbons (Fsp3) is 0.200. The van der Waals surface area contributed by atoms with Gasteiger partial charge < -0.3 is 10.5 Å². The molecule has 0 saturated heterocycles. The molecule has 1 aromatic heterocycles. The third-order valence-electron chi connectivity index (χ3n) is 5.35. The predicted molar refractivity (Wildman–Crippen MR) is 106 cm³/mol. The molecule has 1 saturated carbocycles. The molecule has 2 aromatic carbocycles. The van der Waals surface area contributed by atoms with Crippen molar-refractivity contribution in [2.75, 3.05) is 11.5 Å². The summed E-state index contributed by atoms with van der Waals surface area (Å²) in [6.45, 7) is 0.182. The molecule has 1 fully saturated rings. The zero-order chi connectivity index (χ0) is 20.3. The fourth-order valence-corrected chi connectivity index (χ4v) is 4.99. The van der Waals surface area contributed by atoms with Crippen molar-refractivity contribution < 1.29 is 18.3 Å². The molecule has 29 heavy (non-hydrogen) atoms. The summed E-state index contributed by atoms with van der Waals surface area (Å²) in [6.07, 6.45) is 0. The Morgan fingerprint density at radius 1 is 1.21 bits per heavy atom. The molecule has 0 unspecified atom stereocenters. The summed E-state index contributed by atoms with van der Waals surface area (Å²) in [5.74, 6) is -1.81. The first-order valence-corrected chi connectivity index (χ1v) is 10.1. The molecule has 1 aliphatic heterocycles. The number of fused-ring (bicyclic) bond motifs is 3. The van der Waals surface area contributed by atoms with Gasteiger partial charge in [-0.15, -0.1) is 11.3 Å². The Hall–Kier alpha value is -2.71. The Kier molecular flexibility index (Phi) is 4.22. The average Bonchev–Trinajstić information content (AvgIpc) is 3.20. The Morgan fingerprint density at radius 3 is 2.66 bits per heavy atom. The lowest BCUT2D eigenvalue weighted by Gasteiger charge is -2.18. The van der Waals surface area contributed by atoms with Crippen LogP contribution >= 0.6 is 22.9 Å². The summed E-state index contributed by atoms with van der Waals surface area (Å²) in [7, 11) is 0. The lowest BCUT2D eigenvalue weighted by atomic mass is 10.0. The van der Waals surface area contributed by atoms with Crippen LogP contribution in [0, 0.1) is 17.6 Å². The second-order valence-electron chi connectivity index (χ2n) is 6.99. The quantitative estimate of drug-likeness (QED) is 0.645. The highest BCUT2D eigenvalue weighted by molar-refractivity contribution is 7.14. The molecule has 2 heterocycles. The summed E-state index contributed by atoms with van der Waals surface area (Å²) in [5.41, 5.74) is 7.32. The van der Waals surface area contributed by atoms with Crippen LogP contribution in [0.15, 0.2) is 41.8 Å². The number of halogens is 3. The largest absolute Gasteiger partial charge is 0.490 e. The van der Waals surface area contributed by atoms with Crippen molar-refractivity contribution in [3.63, 3.8) is 0 Å². The number of nitrogens with two attached hydrogens (primary N) is 1. The van der Waals surface area contributed by atoms with Crippen LogP contribution in [-0.4, -0.2) is 23.7 Å². The number of benzene rings is 2. The van der Waals surface area contributed by atoms with Gasteiger partial charge in [0.05, 0.1) is 18.3 Å². The molecular formula is C20H14ClF2N3O2S. The highest BCUT2D eigenvalue weighted by Gasteiger charge is 2.61. The highest BCUT2D eigenvalue weighted by Crippen LogP contribution is 2.58. The van der Waals surface area contributed by atoms with Crippen molar-refractivity contribution in [1.82, 2.24) is 4.98 Å². The van der Waals surface area contributed by atoms with E-state index in [1.54, 1.807) is 12.1 Å². The zero-order valence-corrected chi connectivity index (χ0v) is 16.4. The number of rotatable bonds is 3. The zero-order valence-electron chi connectivity index (χ0n) is 14.8. The van der Waals surface area contributed by atoms with Crippen molar-refractivity contribution in [1.29, 1.82) is 0 Å². The normalized spacial score (nSPS) is 21.7. The smallest absolute Gasteiger partial charge is 0.321 e. The number of nitrogens with zero attached hydrogens (tertiary/aromatic N) is 2. The van der Waals surface area contributed by atoms with Crippen LogP contribution in [0.2, 0.25) is 5.02 Å². The van der Waals surface area contributed by atoms with Gasteiger partial charge in [-0.05, 0) is 24.3 Å². The van der Waals surface area contributed by atoms with Crippen LogP contribution in [0.4, 0.5) is 18.7 Å². The Bertz CT molecular complexity index is 1120. The van der Waals surface area contributed by atoms with E-state index in [4.69, 9.17) is 22.1 Å². The molecule has 3 atom stereocenters. The van der Waals surface area contributed by atoms with E-state index in [9.17, 15) is 13.6 Å². The molecule has 0 spiro atoms. The van der Waals surface area contributed by atoms with Gasteiger partial charge in [0.2, 0.25) is 0 Å². The maximum atomic E-state index is 14.4. The van der Waals surface area contributed by atoms with Gasteiger partial charge in [0.25, 0.3) is 0 Å². The molecule has 5 rings (SSSR count). The number of urea groups is 1. The first-order valence-electron chi connectivity index (χ1n) is 8.86. The van der Waals surface area contributed by atoms with Crippen molar-refractivity contribution in [2.24, 2.45) is 11.7 Å². The molecule has 2 aliphatic rings. The maximum absolute atomic E-state index is 14.4. The van der Waals surface area contributed by atoms with Gasteiger partial charge in [0, 0.05) is 33.4 Å². The van der Waals surface area contributed by atoms with Gasteiger partial charge in [0.1, 0.15) is 5.82 Å². The van der Waals surface area contributed by atoms with Gasteiger partial charge >= 0.3 is 6.03 Å². The van der Waals surface area contributed by atoms with Gasteiger partial charge in [-0.25, -0.2) is 18.6 Å². The molecule has 0 radical (unpaired) electrons. The SMILES string of the molecule is NC(=O)N(c1nc(-c2ccc(Cl)cc2)cs1)[C@@H]1[C@@H]2COc3c(F)ccc(F)c3[C@@H]21. The predicted octanol–water partition coefficient (Wildman–Crippen LogP) is 4.80. The van der Waals surface area contributed by atoms with Crippen LogP contribution in [-0.2, 0) is 0 Å². The number of carbonyl (C=O) groups excluding carboxylic acids is 1. The summed E-state index contributed by atoms with van der Waals surface area (Å²) < 4.78 is 33.9. The van der Waals surface area contributed by atoms with Crippen molar-refractivity contribution in [2.45, 2.75) is 12.0 Å². The number of aromatic nitrogens is 1. The summed E-state index contributed by atoms with van der Waals surface area (Å²) >= 11 is 7.18. The molecule has 9 heteroatoms. The number of amides is 2. The molecular weight excluding hydrogens is 420 g/mol.